The highest BCUT2D eigenvalue weighted by Crippen LogP contribution is 2.40. The summed E-state index contributed by atoms with van der Waals surface area (Å²) in [5.74, 6) is 0.321. The number of carbonyl (C=O) groups excluding carboxylic acids is 1. The Morgan fingerprint density at radius 2 is 2.42 bits per heavy atom. The molecule has 5 nitrogen and oxygen atoms in total. The molecule has 0 aliphatic heterocycles. The van der Waals surface area contributed by atoms with Crippen LogP contribution >= 0.6 is 0 Å². The van der Waals surface area contributed by atoms with Crippen molar-refractivity contribution in [2.45, 2.75) is 25.7 Å². The number of fused-ring (bicyclic) bond motifs is 1. The Morgan fingerprint density at radius 1 is 1.63 bits per heavy atom. The molecule has 5 heteroatoms. The van der Waals surface area contributed by atoms with Gasteiger partial charge in [-0.2, -0.15) is 0 Å². The minimum atomic E-state index is -0.138. The van der Waals surface area contributed by atoms with E-state index in [-0.39, 0.29) is 5.91 Å². The Labute approximate surface area is 110 Å². The molecule has 0 aromatic carbocycles. The summed E-state index contributed by atoms with van der Waals surface area (Å²) in [5.41, 5.74) is 2.65. The van der Waals surface area contributed by atoms with E-state index in [0.29, 0.717) is 34.8 Å². The average molecular weight is 257 g/mol. The fraction of sp³-hybridized carbons (Fsp3) is 0.357. The van der Waals surface area contributed by atoms with Crippen LogP contribution in [0, 0.1) is 6.92 Å². The number of rotatable bonds is 4. The molecular formula is C14H15N3O2. The van der Waals surface area contributed by atoms with Gasteiger partial charge in [-0.1, -0.05) is 11.2 Å². The lowest BCUT2D eigenvalue weighted by molar-refractivity contribution is 0.0959. The first-order valence-corrected chi connectivity index (χ1v) is 6.36. The summed E-state index contributed by atoms with van der Waals surface area (Å²) in [4.78, 5) is 16.7. The fourth-order valence-corrected chi connectivity index (χ4v) is 2.14. The van der Waals surface area contributed by atoms with Crippen LogP contribution in [-0.4, -0.2) is 22.6 Å². The van der Waals surface area contributed by atoms with Gasteiger partial charge in [-0.25, -0.2) is 4.98 Å². The van der Waals surface area contributed by atoms with E-state index in [1.165, 1.54) is 0 Å². The average Bonchev–Trinajstić information content (AvgIpc) is 3.20. The van der Waals surface area contributed by atoms with E-state index in [2.05, 4.69) is 22.0 Å². The first kappa shape index (κ1) is 11.9. The Morgan fingerprint density at radius 3 is 3.11 bits per heavy atom. The third kappa shape index (κ3) is 2.12. The maximum absolute atomic E-state index is 12.2. The van der Waals surface area contributed by atoms with Gasteiger partial charge in [-0.15, -0.1) is 6.58 Å². The van der Waals surface area contributed by atoms with Gasteiger partial charge in [0.05, 0.1) is 16.6 Å². The van der Waals surface area contributed by atoms with Crippen LogP contribution in [-0.2, 0) is 0 Å². The van der Waals surface area contributed by atoms with Crippen LogP contribution in [0.1, 0.15) is 40.5 Å². The largest absolute Gasteiger partial charge is 0.349 e. The number of hydrogen-bond donors (Lipinski definition) is 1. The standard InChI is InChI=1S/C14H15N3O2/c1-3-6-15-13(18)10-7-11(9-4-5-9)16-14-12(10)8(2)17-19-14/h3,7,9H,1,4-6H2,2H3,(H,15,18). The minimum Gasteiger partial charge on any atom is -0.349 e. The van der Waals surface area contributed by atoms with Gasteiger partial charge in [0.15, 0.2) is 0 Å². The van der Waals surface area contributed by atoms with Gasteiger partial charge >= 0.3 is 0 Å². The Bertz CT molecular complexity index is 656. The molecule has 1 aliphatic rings. The topological polar surface area (TPSA) is 68.0 Å². The van der Waals surface area contributed by atoms with E-state index in [0.717, 1.165) is 18.5 Å². The molecule has 3 rings (SSSR count). The molecule has 19 heavy (non-hydrogen) atoms. The van der Waals surface area contributed by atoms with Crippen LogP contribution in [0.3, 0.4) is 0 Å². The number of pyridine rings is 1. The van der Waals surface area contributed by atoms with Gasteiger partial charge in [0.2, 0.25) is 0 Å². The number of nitrogens with one attached hydrogen (secondary N) is 1. The van der Waals surface area contributed by atoms with Crippen molar-refractivity contribution < 1.29 is 9.32 Å². The van der Waals surface area contributed by atoms with Crippen LogP contribution in [0.5, 0.6) is 0 Å². The molecule has 2 heterocycles. The second-order valence-electron chi connectivity index (χ2n) is 4.82. The molecule has 0 atom stereocenters. The quantitative estimate of drug-likeness (QED) is 0.853. The summed E-state index contributed by atoms with van der Waals surface area (Å²) in [6.07, 6.45) is 3.90. The van der Waals surface area contributed by atoms with Gasteiger partial charge in [0.1, 0.15) is 0 Å². The van der Waals surface area contributed by atoms with E-state index < -0.39 is 0 Å². The highest BCUT2D eigenvalue weighted by atomic mass is 16.5. The van der Waals surface area contributed by atoms with Crippen LogP contribution in [0.4, 0.5) is 0 Å². The summed E-state index contributed by atoms with van der Waals surface area (Å²) in [5, 5.41) is 7.39. The van der Waals surface area contributed by atoms with Crippen molar-refractivity contribution in [1.82, 2.24) is 15.5 Å². The maximum Gasteiger partial charge on any atom is 0.259 e. The summed E-state index contributed by atoms with van der Waals surface area (Å²) in [6, 6.07) is 1.86. The van der Waals surface area contributed by atoms with Crippen molar-refractivity contribution in [3.63, 3.8) is 0 Å². The summed E-state index contributed by atoms with van der Waals surface area (Å²) >= 11 is 0. The van der Waals surface area contributed by atoms with E-state index >= 15 is 0 Å². The fourth-order valence-electron chi connectivity index (χ4n) is 2.14. The lowest BCUT2D eigenvalue weighted by Crippen LogP contribution is -2.23. The third-order valence-electron chi connectivity index (χ3n) is 3.28. The van der Waals surface area contributed by atoms with Crippen LogP contribution in [0.15, 0.2) is 23.2 Å². The van der Waals surface area contributed by atoms with Crippen molar-refractivity contribution in [3.8, 4) is 0 Å². The Kier molecular flexibility index (Phi) is 2.81. The number of amides is 1. The molecule has 98 valence electrons. The normalized spacial score (nSPS) is 14.6. The Hall–Kier alpha value is -2.17. The van der Waals surface area contributed by atoms with Crippen LogP contribution in [0.2, 0.25) is 0 Å². The van der Waals surface area contributed by atoms with Gasteiger partial charge < -0.3 is 9.84 Å². The lowest BCUT2D eigenvalue weighted by atomic mass is 10.1. The van der Waals surface area contributed by atoms with Crippen LogP contribution in [0.25, 0.3) is 11.1 Å². The monoisotopic (exact) mass is 257 g/mol. The molecule has 0 unspecified atom stereocenters. The zero-order chi connectivity index (χ0) is 13.4. The first-order valence-electron chi connectivity index (χ1n) is 6.36. The molecule has 0 radical (unpaired) electrons. The molecule has 1 saturated carbocycles. The number of hydrogen-bond acceptors (Lipinski definition) is 4. The van der Waals surface area contributed by atoms with Crippen molar-refractivity contribution in [2.24, 2.45) is 0 Å². The summed E-state index contributed by atoms with van der Waals surface area (Å²) in [6.45, 7) is 5.84. The molecule has 1 amide bonds. The molecular weight excluding hydrogens is 242 g/mol. The summed E-state index contributed by atoms with van der Waals surface area (Å²) < 4.78 is 5.20. The lowest BCUT2D eigenvalue weighted by Gasteiger charge is -2.06. The molecule has 0 bridgehead atoms. The molecule has 0 spiro atoms. The highest BCUT2D eigenvalue weighted by molar-refractivity contribution is 6.06. The Balaban J connectivity index is 2.10. The highest BCUT2D eigenvalue weighted by Gasteiger charge is 2.28. The molecule has 1 N–H and O–H groups in total. The molecule has 0 saturated heterocycles. The summed E-state index contributed by atoms with van der Waals surface area (Å²) in [7, 11) is 0. The van der Waals surface area contributed by atoms with Crippen molar-refractivity contribution >= 4 is 17.0 Å². The zero-order valence-corrected chi connectivity index (χ0v) is 10.8. The number of aromatic nitrogens is 2. The van der Waals surface area contributed by atoms with Crippen molar-refractivity contribution in [1.29, 1.82) is 0 Å². The van der Waals surface area contributed by atoms with Crippen molar-refractivity contribution in [2.75, 3.05) is 6.54 Å². The maximum atomic E-state index is 12.2. The van der Waals surface area contributed by atoms with Gasteiger partial charge in [-0.3, -0.25) is 4.79 Å². The number of nitrogens with zero attached hydrogens (tertiary/aromatic N) is 2. The van der Waals surface area contributed by atoms with Gasteiger partial charge in [0, 0.05) is 18.2 Å². The number of carbonyl (C=O) groups is 1. The van der Waals surface area contributed by atoms with Crippen molar-refractivity contribution in [3.05, 3.63) is 35.7 Å². The van der Waals surface area contributed by atoms with Gasteiger partial charge in [-0.05, 0) is 25.8 Å². The van der Waals surface area contributed by atoms with Crippen LogP contribution < -0.4 is 5.32 Å². The third-order valence-corrected chi connectivity index (χ3v) is 3.28. The smallest absolute Gasteiger partial charge is 0.259 e. The van der Waals surface area contributed by atoms with E-state index in [4.69, 9.17) is 4.52 Å². The van der Waals surface area contributed by atoms with Gasteiger partial charge in [0.25, 0.3) is 11.6 Å². The van der Waals surface area contributed by atoms with E-state index in [1.54, 1.807) is 6.08 Å². The second-order valence-corrected chi connectivity index (χ2v) is 4.82. The molecule has 2 aromatic heterocycles. The first-order chi connectivity index (χ1) is 9.20. The number of aryl methyl sites for hydroxylation is 1. The predicted molar refractivity (Wildman–Crippen MR) is 71.0 cm³/mol. The minimum absolute atomic E-state index is 0.138. The van der Waals surface area contributed by atoms with E-state index in [1.807, 2.05) is 13.0 Å². The molecule has 2 aromatic rings. The second kappa shape index (κ2) is 4.50. The van der Waals surface area contributed by atoms with E-state index in [9.17, 15) is 4.79 Å². The predicted octanol–water partition coefficient (Wildman–Crippen LogP) is 2.32. The zero-order valence-electron chi connectivity index (χ0n) is 10.8. The SMILES string of the molecule is C=CCNC(=O)c1cc(C2CC2)nc2onc(C)c12. The molecule has 1 aliphatic carbocycles. The molecule has 1 fully saturated rings.